The number of rotatable bonds is 2. The van der Waals surface area contributed by atoms with Crippen molar-refractivity contribution in [3.63, 3.8) is 0 Å². The zero-order valence-corrected chi connectivity index (χ0v) is 14.4. The summed E-state index contributed by atoms with van der Waals surface area (Å²) in [7, 11) is 1.65. The van der Waals surface area contributed by atoms with Crippen molar-refractivity contribution in [1.29, 1.82) is 0 Å². The maximum absolute atomic E-state index is 14.5. The summed E-state index contributed by atoms with van der Waals surface area (Å²) in [5.41, 5.74) is 5.50. The average Bonchev–Trinajstić information content (AvgIpc) is 3.08. The largest absolute Gasteiger partial charge is 0.497 e. The van der Waals surface area contributed by atoms with Gasteiger partial charge in [-0.15, -0.1) is 0 Å². The third kappa shape index (κ3) is 2.03. The number of hydrogen-bond donors (Lipinski definition) is 0. The Morgan fingerprint density at radius 3 is 2.58 bits per heavy atom. The van der Waals surface area contributed by atoms with Crippen molar-refractivity contribution in [2.75, 3.05) is 7.11 Å². The van der Waals surface area contributed by atoms with E-state index in [2.05, 4.69) is 0 Å². The van der Waals surface area contributed by atoms with E-state index in [1.165, 1.54) is 11.6 Å². The Hall–Kier alpha value is -2.82. The molecule has 0 spiro atoms. The number of halogens is 2. The van der Waals surface area contributed by atoms with Gasteiger partial charge in [0.05, 0.1) is 12.6 Å². The van der Waals surface area contributed by atoms with E-state index in [4.69, 9.17) is 4.74 Å². The minimum atomic E-state index is -0.796. The second kappa shape index (κ2) is 5.59. The normalized spacial score (nSPS) is 14.1. The lowest BCUT2D eigenvalue weighted by Gasteiger charge is -2.06. The fourth-order valence-corrected chi connectivity index (χ4v) is 4.15. The SMILES string of the molecule is COc1ccc(-c2cn3c4ccc(F)c(F)c4n4c3c2CCCC4)cc1. The van der Waals surface area contributed by atoms with Crippen LogP contribution in [-0.4, -0.2) is 16.1 Å². The number of imidazole rings is 1. The summed E-state index contributed by atoms with van der Waals surface area (Å²) in [4.78, 5) is 0. The van der Waals surface area contributed by atoms with Crippen LogP contribution in [-0.2, 0) is 13.0 Å². The monoisotopic (exact) mass is 352 g/mol. The van der Waals surface area contributed by atoms with Gasteiger partial charge in [0, 0.05) is 23.9 Å². The van der Waals surface area contributed by atoms with Crippen molar-refractivity contribution in [3.05, 3.63) is 59.8 Å². The fourth-order valence-electron chi connectivity index (χ4n) is 4.15. The molecule has 0 bridgehead atoms. The molecule has 0 N–H and O–H groups in total. The quantitative estimate of drug-likeness (QED) is 0.486. The van der Waals surface area contributed by atoms with E-state index >= 15 is 0 Å². The molecule has 2 aromatic carbocycles. The van der Waals surface area contributed by atoms with Gasteiger partial charge in [0.1, 0.15) is 16.9 Å². The molecule has 0 aliphatic carbocycles. The Morgan fingerprint density at radius 2 is 1.81 bits per heavy atom. The molecule has 26 heavy (non-hydrogen) atoms. The van der Waals surface area contributed by atoms with E-state index < -0.39 is 11.6 Å². The van der Waals surface area contributed by atoms with Crippen LogP contribution in [0, 0.1) is 11.6 Å². The first-order chi connectivity index (χ1) is 12.7. The van der Waals surface area contributed by atoms with Crippen molar-refractivity contribution in [2.24, 2.45) is 0 Å². The van der Waals surface area contributed by atoms with Crippen LogP contribution < -0.4 is 4.74 Å². The molecule has 4 aromatic rings. The maximum Gasteiger partial charge on any atom is 0.184 e. The topological polar surface area (TPSA) is 18.6 Å². The van der Waals surface area contributed by atoms with Crippen LogP contribution in [0.5, 0.6) is 5.75 Å². The van der Waals surface area contributed by atoms with Gasteiger partial charge >= 0.3 is 0 Å². The summed E-state index contributed by atoms with van der Waals surface area (Å²) < 4.78 is 37.6. The van der Waals surface area contributed by atoms with Gasteiger partial charge in [-0.1, -0.05) is 12.1 Å². The molecule has 5 heteroatoms. The highest BCUT2D eigenvalue weighted by atomic mass is 19.2. The van der Waals surface area contributed by atoms with Gasteiger partial charge in [0.15, 0.2) is 11.6 Å². The van der Waals surface area contributed by atoms with Crippen LogP contribution >= 0.6 is 0 Å². The smallest absolute Gasteiger partial charge is 0.184 e. The number of nitrogens with zero attached hydrogens (tertiary/aromatic N) is 2. The average molecular weight is 352 g/mol. The predicted molar refractivity (Wildman–Crippen MR) is 97.7 cm³/mol. The van der Waals surface area contributed by atoms with Crippen molar-refractivity contribution in [3.8, 4) is 16.9 Å². The third-order valence-corrected chi connectivity index (χ3v) is 5.37. The van der Waals surface area contributed by atoms with E-state index in [-0.39, 0.29) is 0 Å². The Bertz CT molecular complexity index is 1140. The maximum atomic E-state index is 14.5. The molecule has 5 rings (SSSR count). The number of hydrogen-bond acceptors (Lipinski definition) is 1. The van der Waals surface area contributed by atoms with E-state index in [0.717, 1.165) is 41.8 Å². The molecule has 0 saturated carbocycles. The molecular formula is C21H18F2N2O. The molecule has 1 aliphatic rings. The number of methoxy groups -OCH3 is 1. The summed E-state index contributed by atoms with van der Waals surface area (Å²) in [5.74, 6) is -0.739. The van der Waals surface area contributed by atoms with Crippen LogP contribution in [0.3, 0.4) is 0 Å². The van der Waals surface area contributed by atoms with E-state index in [0.29, 0.717) is 17.6 Å². The Labute approximate surface area is 149 Å². The number of ether oxygens (including phenoxy) is 1. The first-order valence-electron chi connectivity index (χ1n) is 8.83. The molecule has 0 atom stereocenters. The summed E-state index contributed by atoms with van der Waals surface area (Å²) in [6, 6.07) is 10.9. The van der Waals surface area contributed by atoms with Gasteiger partial charge in [-0.25, -0.2) is 8.78 Å². The van der Waals surface area contributed by atoms with E-state index in [1.54, 1.807) is 13.2 Å². The van der Waals surface area contributed by atoms with Gasteiger partial charge in [0.2, 0.25) is 0 Å². The summed E-state index contributed by atoms with van der Waals surface area (Å²) in [6.07, 6.45) is 4.96. The molecule has 0 saturated heterocycles. The molecule has 0 radical (unpaired) electrons. The standard InChI is InChI=1S/C21H18F2N2O/c1-26-14-7-5-13(6-8-14)16-12-25-18-10-9-17(22)19(23)20(18)24-11-3-2-4-15(16)21(24)25/h5-10,12H,2-4,11H2,1H3. The highest BCUT2D eigenvalue weighted by Gasteiger charge is 2.24. The molecule has 1 aliphatic heterocycles. The Balaban J connectivity index is 1.84. The third-order valence-electron chi connectivity index (χ3n) is 5.37. The van der Waals surface area contributed by atoms with Crippen molar-refractivity contribution < 1.29 is 13.5 Å². The second-order valence-corrected chi connectivity index (χ2v) is 6.78. The van der Waals surface area contributed by atoms with Crippen molar-refractivity contribution >= 4 is 16.7 Å². The van der Waals surface area contributed by atoms with Crippen LogP contribution in [0.15, 0.2) is 42.6 Å². The lowest BCUT2D eigenvalue weighted by atomic mass is 10.0. The Morgan fingerprint density at radius 1 is 1.00 bits per heavy atom. The first-order valence-corrected chi connectivity index (χ1v) is 8.83. The first kappa shape index (κ1) is 15.4. The molecule has 3 nitrogen and oxygen atoms in total. The van der Waals surface area contributed by atoms with Gasteiger partial charge < -0.3 is 13.7 Å². The van der Waals surface area contributed by atoms with Crippen LogP contribution in [0.2, 0.25) is 0 Å². The zero-order chi connectivity index (χ0) is 17.8. The fraction of sp³-hybridized carbons (Fsp3) is 0.238. The van der Waals surface area contributed by atoms with E-state index in [9.17, 15) is 8.78 Å². The zero-order valence-electron chi connectivity index (χ0n) is 14.4. The van der Waals surface area contributed by atoms with Gasteiger partial charge in [-0.05, 0) is 49.1 Å². The predicted octanol–water partition coefficient (Wildman–Crippen LogP) is 5.18. The molecule has 0 fully saturated rings. The number of aryl methyl sites for hydroxylation is 2. The van der Waals surface area contributed by atoms with Crippen molar-refractivity contribution in [2.45, 2.75) is 25.8 Å². The minimum Gasteiger partial charge on any atom is -0.497 e. The second-order valence-electron chi connectivity index (χ2n) is 6.78. The lowest BCUT2D eigenvalue weighted by Crippen LogP contribution is -1.99. The van der Waals surface area contributed by atoms with Gasteiger partial charge in [0.25, 0.3) is 0 Å². The molecule has 0 amide bonds. The lowest BCUT2D eigenvalue weighted by molar-refractivity contribution is 0.415. The van der Waals surface area contributed by atoms with Crippen molar-refractivity contribution in [1.82, 2.24) is 8.97 Å². The minimum absolute atomic E-state index is 0.365. The van der Waals surface area contributed by atoms with Crippen LogP contribution in [0.4, 0.5) is 8.78 Å². The highest BCUT2D eigenvalue weighted by molar-refractivity contribution is 5.88. The molecular weight excluding hydrogens is 334 g/mol. The molecule has 3 heterocycles. The highest BCUT2D eigenvalue weighted by Crippen LogP contribution is 2.37. The van der Waals surface area contributed by atoms with Crippen LogP contribution in [0.25, 0.3) is 27.8 Å². The van der Waals surface area contributed by atoms with Crippen LogP contribution in [0.1, 0.15) is 18.4 Å². The molecule has 0 unspecified atom stereocenters. The van der Waals surface area contributed by atoms with Gasteiger partial charge in [-0.3, -0.25) is 0 Å². The van der Waals surface area contributed by atoms with Gasteiger partial charge in [-0.2, -0.15) is 0 Å². The van der Waals surface area contributed by atoms with E-state index in [1.807, 2.05) is 39.4 Å². The molecule has 132 valence electrons. The number of aromatic nitrogens is 2. The number of fused-ring (bicyclic) bond motifs is 3. The summed E-state index contributed by atoms with van der Waals surface area (Å²) in [5, 5.41) is 0. The summed E-state index contributed by atoms with van der Waals surface area (Å²) in [6.45, 7) is 0.701. The molecule has 2 aromatic heterocycles. The summed E-state index contributed by atoms with van der Waals surface area (Å²) >= 11 is 0. The number of benzene rings is 2. The Kier molecular flexibility index (Phi) is 3.32.